The van der Waals surface area contributed by atoms with Crippen LogP contribution >= 0.6 is 0 Å². The van der Waals surface area contributed by atoms with E-state index in [1.165, 1.54) is 77.0 Å². The quantitative estimate of drug-likeness (QED) is 0.0993. The van der Waals surface area contributed by atoms with Gasteiger partial charge in [0.05, 0.1) is 13.1 Å². The van der Waals surface area contributed by atoms with Gasteiger partial charge in [-0.15, -0.1) is 0 Å². The van der Waals surface area contributed by atoms with Gasteiger partial charge in [0.25, 0.3) is 0 Å². The van der Waals surface area contributed by atoms with Crippen molar-refractivity contribution < 1.29 is 14.3 Å². The van der Waals surface area contributed by atoms with Crippen LogP contribution in [0.1, 0.15) is 156 Å². The van der Waals surface area contributed by atoms with Crippen molar-refractivity contribution in [2.45, 2.75) is 162 Å². The van der Waals surface area contributed by atoms with E-state index in [-0.39, 0.29) is 30.3 Å². The molecule has 0 aromatic carbocycles. The smallest absolute Gasteiger partial charge is 0.320 e. The second-order valence-corrected chi connectivity index (χ2v) is 10.3. The van der Waals surface area contributed by atoms with Crippen LogP contribution in [0.2, 0.25) is 0 Å². The van der Waals surface area contributed by atoms with E-state index in [1.54, 1.807) is 0 Å². The van der Waals surface area contributed by atoms with Crippen LogP contribution in [0.3, 0.4) is 0 Å². The molecule has 0 rings (SSSR count). The number of unbranched alkanes of at least 4 members (excludes halogenated alkanes) is 12. The average molecular weight is 482 g/mol. The maximum atomic E-state index is 12.9. The lowest BCUT2D eigenvalue weighted by Crippen LogP contribution is -2.34. The Bertz CT molecular complexity index is 442. The number of esters is 1. The van der Waals surface area contributed by atoms with Crippen LogP contribution < -0.4 is 5.32 Å². The van der Waals surface area contributed by atoms with Crippen LogP contribution in [0.15, 0.2) is 0 Å². The van der Waals surface area contributed by atoms with Crippen molar-refractivity contribution >= 4 is 11.8 Å². The lowest BCUT2D eigenvalue weighted by atomic mass is 9.90. The van der Waals surface area contributed by atoms with E-state index in [4.69, 9.17) is 4.74 Å². The van der Waals surface area contributed by atoms with Gasteiger partial charge in [-0.3, -0.25) is 9.59 Å². The highest BCUT2D eigenvalue weighted by molar-refractivity contribution is 5.83. The van der Waals surface area contributed by atoms with Gasteiger partial charge in [0, 0.05) is 5.92 Å². The summed E-state index contributed by atoms with van der Waals surface area (Å²) >= 11 is 0. The van der Waals surface area contributed by atoms with Gasteiger partial charge in [0.15, 0.2) is 0 Å². The topological polar surface area (TPSA) is 55.4 Å². The van der Waals surface area contributed by atoms with E-state index in [0.29, 0.717) is 6.54 Å². The van der Waals surface area contributed by atoms with Crippen molar-refractivity contribution in [3.05, 3.63) is 0 Å². The molecule has 34 heavy (non-hydrogen) atoms. The van der Waals surface area contributed by atoms with E-state index >= 15 is 0 Å². The summed E-state index contributed by atoms with van der Waals surface area (Å²) in [4.78, 5) is 25.3. The minimum atomic E-state index is -0.203. The van der Waals surface area contributed by atoms with Crippen LogP contribution in [0, 0.1) is 5.92 Å². The molecule has 0 unspecified atom stereocenters. The molecule has 0 aromatic rings. The summed E-state index contributed by atoms with van der Waals surface area (Å²) in [5, 5.41) is 3.10. The van der Waals surface area contributed by atoms with Gasteiger partial charge >= 0.3 is 5.97 Å². The SMILES string of the molecule is CCCCCCC(CCCCCC)OC(=O)CNCC(=O)C(CCCCCC)CCCCCC. The Hall–Kier alpha value is -0.900. The number of hydrogen-bond donors (Lipinski definition) is 1. The van der Waals surface area contributed by atoms with Gasteiger partial charge in [-0.25, -0.2) is 0 Å². The molecule has 0 aliphatic carbocycles. The summed E-state index contributed by atoms with van der Waals surface area (Å²) in [5.41, 5.74) is 0. The molecule has 0 bridgehead atoms. The first kappa shape index (κ1) is 33.1. The van der Waals surface area contributed by atoms with Crippen LogP contribution in [-0.4, -0.2) is 30.9 Å². The lowest BCUT2D eigenvalue weighted by molar-refractivity contribution is -0.148. The Morgan fingerprint density at radius 3 is 1.38 bits per heavy atom. The minimum absolute atomic E-state index is 0.0311. The maximum Gasteiger partial charge on any atom is 0.320 e. The molecule has 0 aliphatic heterocycles. The van der Waals surface area contributed by atoms with E-state index < -0.39 is 0 Å². The molecule has 0 fully saturated rings. The van der Waals surface area contributed by atoms with Crippen molar-refractivity contribution in [2.75, 3.05) is 13.1 Å². The second-order valence-electron chi connectivity index (χ2n) is 10.3. The first-order chi connectivity index (χ1) is 16.6. The number of carbonyl (C=O) groups excluding carboxylic acids is 2. The Kier molecular flexibility index (Phi) is 24.5. The number of rotatable bonds is 26. The zero-order chi connectivity index (χ0) is 25.3. The predicted octanol–water partition coefficient (Wildman–Crippen LogP) is 8.55. The highest BCUT2D eigenvalue weighted by Gasteiger charge is 2.19. The van der Waals surface area contributed by atoms with Crippen molar-refractivity contribution in [1.82, 2.24) is 5.32 Å². The van der Waals surface area contributed by atoms with Gasteiger partial charge < -0.3 is 10.1 Å². The molecular weight excluding hydrogens is 422 g/mol. The lowest BCUT2D eigenvalue weighted by Gasteiger charge is -2.19. The minimum Gasteiger partial charge on any atom is -0.461 e. The molecule has 202 valence electrons. The van der Waals surface area contributed by atoms with Crippen molar-refractivity contribution in [1.29, 1.82) is 0 Å². The van der Waals surface area contributed by atoms with Crippen molar-refractivity contribution in [2.24, 2.45) is 5.92 Å². The highest BCUT2D eigenvalue weighted by Crippen LogP contribution is 2.19. The van der Waals surface area contributed by atoms with E-state index in [9.17, 15) is 9.59 Å². The van der Waals surface area contributed by atoms with E-state index in [2.05, 4.69) is 33.0 Å². The molecule has 0 heterocycles. The Labute approximate surface area is 212 Å². The monoisotopic (exact) mass is 481 g/mol. The number of nitrogens with one attached hydrogen (secondary N) is 1. The van der Waals surface area contributed by atoms with Crippen molar-refractivity contribution in [3.8, 4) is 0 Å². The molecular formula is C30H59NO3. The van der Waals surface area contributed by atoms with Gasteiger partial charge in [0.2, 0.25) is 0 Å². The normalized spacial score (nSPS) is 11.5. The molecule has 0 saturated heterocycles. The molecule has 0 saturated carbocycles. The van der Waals surface area contributed by atoms with E-state index in [0.717, 1.165) is 51.4 Å². The number of ketones is 1. The summed E-state index contributed by atoms with van der Waals surface area (Å²) in [5.74, 6) is 0.213. The summed E-state index contributed by atoms with van der Waals surface area (Å²) < 4.78 is 5.82. The Balaban J connectivity index is 4.44. The summed E-state index contributed by atoms with van der Waals surface area (Å²) in [7, 11) is 0. The van der Waals surface area contributed by atoms with E-state index in [1.807, 2.05) is 0 Å². The zero-order valence-electron chi connectivity index (χ0n) is 23.4. The fourth-order valence-corrected chi connectivity index (χ4v) is 4.62. The van der Waals surface area contributed by atoms with Crippen LogP contribution in [0.25, 0.3) is 0 Å². The van der Waals surface area contributed by atoms with Gasteiger partial charge in [-0.05, 0) is 38.5 Å². The van der Waals surface area contributed by atoms with Crippen LogP contribution in [-0.2, 0) is 14.3 Å². The molecule has 0 aromatic heterocycles. The first-order valence-corrected chi connectivity index (χ1v) is 15.0. The third-order valence-corrected chi connectivity index (χ3v) is 6.89. The fourth-order valence-electron chi connectivity index (χ4n) is 4.62. The summed E-state index contributed by atoms with van der Waals surface area (Å²) in [6.07, 6.45) is 23.2. The largest absolute Gasteiger partial charge is 0.461 e. The summed E-state index contributed by atoms with van der Waals surface area (Å²) in [6, 6.07) is 0. The molecule has 0 atom stereocenters. The molecule has 0 amide bonds. The molecule has 0 spiro atoms. The molecule has 4 heteroatoms. The number of Topliss-reactive ketones (excluding diaryl/α,β-unsaturated/α-hetero) is 1. The average Bonchev–Trinajstić information content (AvgIpc) is 2.83. The molecule has 0 radical (unpaired) electrons. The summed E-state index contributed by atoms with van der Waals surface area (Å²) in [6.45, 7) is 9.31. The Morgan fingerprint density at radius 1 is 0.559 bits per heavy atom. The molecule has 4 nitrogen and oxygen atoms in total. The number of carbonyl (C=O) groups is 2. The second kappa shape index (κ2) is 25.2. The van der Waals surface area contributed by atoms with Crippen LogP contribution in [0.5, 0.6) is 0 Å². The van der Waals surface area contributed by atoms with Crippen LogP contribution in [0.4, 0.5) is 0 Å². The third-order valence-electron chi connectivity index (χ3n) is 6.89. The molecule has 0 aliphatic rings. The van der Waals surface area contributed by atoms with Gasteiger partial charge in [0.1, 0.15) is 11.9 Å². The number of hydrogen-bond acceptors (Lipinski definition) is 4. The van der Waals surface area contributed by atoms with Crippen molar-refractivity contribution in [3.63, 3.8) is 0 Å². The first-order valence-electron chi connectivity index (χ1n) is 15.0. The predicted molar refractivity (Wildman–Crippen MR) is 146 cm³/mol. The fraction of sp³-hybridized carbons (Fsp3) is 0.933. The maximum absolute atomic E-state index is 12.9. The standard InChI is InChI=1S/C30H59NO3/c1-5-9-13-17-21-27(22-18-14-10-6-2)29(32)25-31-26-30(33)34-28(23-19-15-11-7-3)24-20-16-12-8-4/h27-28,31H,5-26H2,1-4H3. The number of ether oxygens (including phenoxy) is 1. The Morgan fingerprint density at radius 2 is 0.971 bits per heavy atom. The van der Waals surface area contributed by atoms with Gasteiger partial charge in [-0.1, -0.05) is 118 Å². The molecule has 1 N–H and O–H groups in total. The highest BCUT2D eigenvalue weighted by atomic mass is 16.5. The zero-order valence-corrected chi connectivity index (χ0v) is 23.4. The third kappa shape index (κ3) is 20.5. The van der Waals surface area contributed by atoms with Gasteiger partial charge in [-0.2, -0.15) is 0 Å².